The molecule has 2 atom stereocenters. The van der Waals surface area contributed by atoms with Crippen molar-refractivity contribution in [1.29, 1.82) is 0 Å². The molecule has 0 aromatic rings. The van der Waals surface area contributed by atoms with Crippen LogP contribution in [0.3, 0.4) is 0 Å². The van der Waals surface area contributed by atoms with Crippen molar-refractivity contribution in [3.05, 3.63) is 0 Å². The van der Waals surface area contributed by atoms with Gasteiger partial charge in [0.1, 0.15) is 11.9 Å². The molecule has 1 aliphatic carbocycles. The van der Waals surface area contributed by atoms with Crippen LogP contribution in [0.5, 0.6) is 0 Å². The molecular weight excluding hydrogens is 224 g/mol. The molecule has 0 aromatic carbocycles. The van der Waals surface area contributed by atoms with E-state index in [4.69, 9.17) is 9.47 Å². The fourth-order valence-electron chi connectivity index (χ4n) is 1.80. The van der Waals surface area contributed by atoms with Gasteiger partial charge in [-0.1, -0.05) is 6.92 Å². The van der Waals surface area contributed by atoms with E-state index in [0.29, 0.717) is 19.3 Å². The Labute approximate surface area is 100 Å². The van der Waals surface area contributed by atoms with Crippen molar-refractivity contribution in [2.45, 2.75) is 45.6 Å². The van der Waals surface area contributed by atoms with Crippen LogP contribution in [0.25, 0.3) is 0 Å². The maximum atomic E-state index is 11.7. The van der Waals surface area contributed by atoms with Gasteiger partial charge in [0.15, 0.2) is 5.92 Å². The van der Waals surface area contributed by atoms with Gasteiger partial charge >= 0.3 is 11.9 Å². The van der Waals surface area contributed by atoms with Gasteiger partial charge in [-0.25, -0.2) is 0 Å². The van der Waals surface area contributed by atoms with Gasteiger partial charge in [-0.2, -0.15) is 0 Å². The zero-order valence-corrected chi connectivity index (χ0v) is 10.2. The van der Waals surface area contributed by atoms with E-state index in [2.05, 4.69) is 0 Å². The quantitative estimate of drug-likeness (QED) is 0.536. The molecule has 5 heteroatoms. The number of ether oxygens (including phenoxy) is 2. The predicted molar refractivity (Wildman–Crippen MR) is 59.2 cm³/mol. The molecule has 0 N–H and O–H groups in total. The second-order valence-electron chi connectivity index (χ2n) is 4.05. The van der Waals surface area contributed by atoms with Gasteiger partial charge in [-0.15, -0.1) is 0 Å². The molecule has 1 unspecified atom stereocenters. The first-order valence-electron chi connectivity index (χ1n) is 5.97. The molecule has 0 spiro atoms. The van der Waals surface area contributed by atoms with Crippen molar-refractivity contribution in [2.75, 3.05) is 6.61 Å². The van der Waals surface area contributed by atoms with Crippen LogP contribution < -0.4 is 0 Å². The molecule has 0 radical (unpaired) electrons. The van der Waals surface area contributed by atoms with Gasteiger partial charge in [0.25, 0.3) is 0 Å². The molecule has 1 fully saturated rings. The highest BCUT2D eigenvalue weighted by Crippen LogP contribution is 2.20. The SMILES string of the molecule is CCOC(=O)C(CC)C(=O)O[C@@H]1CCC(=O)C1. The number of esters is 2. The normalized spacial score (nSPS) is 21.1. The average molecular weight is 242 g/mol. The van der Waals surface area contributed by atoms with Crippen LogP contribution in [0, 0.1) is 5.92 Å². The molecule has 0 amide bonds. The van der Waals surface area contributed by atoms with Crippen LogP contribution in [0.15, 0.2) is 0 Å². The summed E-state index contributed by atoms with van der Waals surface area (Å²) in [6.45, 7) is 3.65. The van der Waals surface area contributed by atoms with Crippen molar-refractivity contribution in [2.24, 2.45) is 5.92 Å². The van der Waals surface area contributed by atoms with E-state index < -0.39 is 17.9 Å². The van der Waals surface area contributed by atoms with E-state index in [-0.39, 0.29) is 24.9 Å². The number of ketones is 1. The lowest BCUT2D eigenvalue weighted by atomic mass is 10.1. The lowest BCUT2D eigenvalue weighted by Gasteiger charge is -2.16. The maximum absolute atomic E-state index is 11.7. The third kappa shape index (κ3) is 3.84. The predicted octanol–water partition coefficient (Wildman–Crippen LogP) is 1.24. The Morgan fingerprint density at radius 1 is 1.35 bits per heavy atom. The van der Waals surface area contributed by atoms with E-state index >= 15 is 0 Å². The van der Waals surface area contributed by atoms with Gasteiger partial charge in [0.2, 0.25) is 0 Å². The summed E-state index contributed by atoms with van der Waals surface area (Å²) in [6.07, 6.45) is 1.26. The summed E-state index contributed by atoms with van der Waals surface area (Å²) in [7, 11) is 0. The van der Waals surface area contributed by atoms with Gasteiger partial charge in [0.05, 0.1) is 6.61 Å². The summed E-state index contributed by atoms with van der Waals surface area (Å²) in [6, 6.07) is 0. The molecule has 1 rings (SSSR count). The molecule has 1 aliphatic rings. The fourth-order valence-corrected chi connectivity index (χ4v) is 1.80. The highest BCUT2D eigenvalue weighted by molar-refractivity contribution is 5.95. The lowest BCUT2D eigenvalue weighted by Crippen LogP contribution is -2.30. The smallest absolute Gasteiger partial charge is 0.320 e. The number of hydrogen-bond donors (Lipinski definition) is 0. The summed E-state index contributed by atoms with van der Waals surface area (Å²) in [5.74, 6) is -1.90. The van der Waals surface area contributed by atoms with Crippen LogP contribution in [0.2, 0.25) is 0 Å². The topological polar surface area (TPSA) is 69.7 Å². The highest BCUT2D eigenvalue weighted by Gasteiger charge is 2.32. The highest BCUT2D eigenvalue weighted by atomic mass is 16.6. The summed E-state index contributed by atoms with van der Waals surface area (Å²) < 4.78 is 9.94. The molecule has 1 saturated carbocycles. The Morgan fingerprint density at radius 3 is 2.53 bits per heavy atom. The average Bonchev–Trinajstić information content (AvgIpc) is 2.65. The van der Waals surface area contributed by atoms with Crippen molar-refractivity contribution < 1.29 is 23.9 Å². The summed E-state index contributed by atoms with van der Waals surface area (Å²) >= 11 is 0. The standard InChI is InChI=1S/C12H18O5/c1-3-10(11(14)16-4-2)12(15)17-9-6-5-8(13)7-9/h9-10H,3-7H2,1-2H3/t9-,10?/m1/s1. The Morgan fingerprint density at radius 2 is 2.06 bits per heavy atom. The Balaban J connectivity index is 2.49. The Kier molecular flexibility index (Phi) is 5.12. The maximum Gasteiger partial charge on any atom is 0.320 e. The van der Waals surface area contributed by atoms with E-state index in [1.165, 1.54) is 0 Å². The molecule has 17 heavy (non-hydrogen) atoms. The largest absolute Gasteiger partial charge is 0.465 e. The zero-order valence-electron chi connectivity index (χ0n) is 10.2. The molecule has 0 aromatic heterocycles. The third-order valence-electron chi connectivity index (χ3n) is 2.75. The first kappa shape index (κ1) is 13.7. The molecular formula is C12H18O5. The molecule has 0 heterocycles. The second-order valence-corrected chi connectivity index (χ2v) is 4.05. The van der Waals surface area contributed by atoms with Crippen LogP contribution in [-0.2, 0) is 23.9 Å². The summed E-state index contributed by atoms with van der Waals surface area (Å²) in [5.41, 5.74) is 0. The van der Waals surface area contributed by atoms with Crippen LogP contribution >= 0.6 is 0 Å². The van der Waals surface area contributed by atoms with Crippen molar-refractivity contribution in [1.82, 2.24) is 0 Å². The number of Topliss-reactive ketones (excluding diaryl/α,β-unsaturated/α-hetero) is 1. The van der Waals surface area contributed by atoms with E-state index in [1.54, 1.807) is 13.8 Å². The van der Waals surface area contributed by atoms with Crippen LogP contribution in [0.1, 0.15) is 39.5 Å². The second kappa shape index (κ2) is 6.37. The Bertz CT molecular complexity index is 310. The Hall–Kier alpha value is -1.39. The number of rotatable bonds is 5. The van der Waals surface area contributed by atoms with Crippen molar-refractivity contribution >= 4 is 17.7 Å². The molecule has 0 aliphatic heterocycles. The van der Waals surface area contributed by atoms with Crippen LogP contribution in [-0.4, -0.2) is 30.4 Å². The monoisotopic (exact) mass is 242 g/mol. The lowest BCUT2D eigenvalue weighted by molar-refractivity contribution is -0.165. The number of hydrogen-bond acceptors (Lipinski definition) is 5. The van der Waals surface area contributed by atoms with Crippen molar-refractivity contribution in [3.63, 3.8) is 0 Å². The minimum absolute atomic E-state index is 0.104. The minimum Gasteiger partial charge on any atom is -0.465 e. The number of carbonyl (C=O) groups is 3. The van der Waals surface area contributed by atoms with Gasteiger partial charge in [-0.3, -0.25) is 14.4 Å². The van der Waals surface area contributed by atoms with Gasteiger partial charge in [0, 0.05) is 12.8 Å². The van der Waals surface area contributed by atoms with Crippen molar-refractivity contribution in [3.8, 4) is 0 Å². The minimum atomic E-state index is -0.870. The number of carbonyl (C=O) groups excluding carboxylic acids is 3. The third-order valence-corrected chi connectivity index (χ3v) is 2.75. The summed E-state index contributed by atoms with van der Waals surface area (Å²) in [5, 5.41) is 0. The summed E-state index contributed by atoms with van der Waals surface area (Å²) in [4.78, 5) is 34.2. The fraction of sp³-hybridized carbons (Fsp3) is 0.750. The first-order chi connectivity index (χ1) is 8.08. The van der Waals surface area contributed by atoms with Crippen LogP contribution in [0.4, 0.5) is 0 Å². The molecule has 5 nitrogen and oxygen atoms in total. The van der Waals surface area contributed by atoms with Gasteiger partial charge in [-0.05, 0) is 19.8 Å². The molecule has 0 saturated heterocycles. The first-order valence-corrected chi connectivity index (χ1v) is 5.97. The zero-order chi connectivity index (χ0) is 12.8. The van der Waals surface area contributed by atoms with E-state index in [1.807, 2.05) is 0 Å². The van der Waals surface area contributed by atoms with E-state index in [9.17, 15) is 14.4 Å². The van der Waals surface area contributed by atoms with Gasteiger partial charge < -0.3 is 9.47 Å². The molecule has 96 valence electrons. The van der Waals surface area contributed by atoms with E-state index in [0.717, 1.165) is 0 Å². The molecule has 0 bridgehead atoms.